The van der Waals surface area contributed by atoms with E-state index in [0.717, 1.165) is 16.9 Å². The number of non-ortho nitro benzene ring substituents is 1. The van der Waals surface area contributed by atoms with Gasteiger partial charge in [0, 0.05) is 23.7 Å². The highest BCUT2D eigenvalue weighted by atomic mass is 35.5. The molecule has 0 aliphatic carbocycles. The Morgan fingerprint density at radius 2 is 1.97 bits per heavy atom. The molecule has 0 radical (unpaired) electrons. The molecule has 10 nitrogen and oxygen atoms in total. The number of nitro groups is 1. The van der Waals surface area contributed by atoms with Crippen LogP contribution in [-0.4, -0.2) is 47.2 Å². The number of imide groups is 1. The van der Waals surface area contributed by atoms with Crippen LogP contribution in [0, 0.1) is 28.9 Å². The summed E-state index contributed by atoms with van der Waals surface area (Å²) in [4.78, 5) is 55.5. The number of amides is 3. The Bertz CT molecular complexity index is 1360. The lowest BCUT2D eigenvalue weighted by Crippen LogP contribution is -2.54. The standard InChI is InChI=1S/C24H21ClN4O6/c1-11-8-13-20(14(25)9-11)26-23(32)24(13)19-18(15-4-3-7-27(15)24)21(30)28(22(19)31)16-10-12(29(33)34)5-6-17(16)35-2/h5-6,8-10,15,18-19H,3-4,7H2,1-2H3,(H,26,32). The second-order valence-electron chi connectivity index (χ2n) is 9.42. The van der Waals surface area contributed by atoms with E-state index in [-0.39, 0.29) is 29.1 Å². The molecule has 0 saturated carbocycles. The number of hydrogen-bond donors (Lipinski definition) is 1. The largest absolute Gasteiger partial charge is 0.495 e. The minimum atomic E-state index is -1.38. The lowest BCUT2D eigenvalue weighted by molar-refractivity contribution is -0.384. The Hall–Kier alpha value is -3.50. The first-order chi connectivity index (χ1) is 16.7. The number of benzene rings is 2. The summed E-state index contributed by atoms with van der Waals surface area (Å²) in [5, 5.41) is 14.7. The third kappa shape index (κ3) is 2.61. The van der Waals surface area contributed by atoms with Crippen molar-refractivity contribution >= 4 is 46.4 Å². The Balaban J connectivity index is 1.57. The number of nitro benzene ring substituents is 1. The summed E-state index contributed by atoms with van der Waals surface area (Å²) in [6, 6.07) is 7.06. The van der Waals surface area contributed by atoms with Crippen LogP contribution in [0.1, 0.15) is 24.0 Å². The lowest BCUT2D eigenvalue weighted by atomic mass is 9.75. The van der Waals surface area contributed by atoms with Crippen molar-refractivity contribution in [1.82, 2.24) is 4.90 Å². The van der Waals surface area contributed by atoms with Crippen LogP contribution in [0.25, 0.3) is 0 Å². The van der Waals surface area contributed by atoms with E-state index in [2.05, 4.69) is 5.32 Å². The first kappa shape index (κ1) is 22.0. The number of rotatable bonds is 3. The predicted molar refractivity (Wildman–Crippen MR) is 125 cm³/mol. The molecular weight excluding hydrogens is 476 g/mol. The van der Waals surface area contributed by atoms with Crippen LogP contribution in [-0.2, 0) is 19.9 Å². The van der Waals surface area contributed by atoms with Crippen LogP contribution in [0.15, 0.2) is 30.3 Å². The average molecular weight is 497 g/mol. The van der Waals surface area contributed by atoms with E-state index in [0.29, 0.717) is 29.2 Å². The fourth-order valence-electron chi connectivity index (χ4n) is 6.60. The Kier molecular flexibility index (Phi) is 4.56. The van der Waals surface area contributed by atoms with Crippen molar-refractivity contribution in [3.8, 4) is 5.75 Å². The molecule has 3 saturated heterocycles. The van der Waals surface area contributed by atoms with Crippen LogP contribution in [0.2, 0.25) is 5.02 Å². The molecule has 4 aliphatic rings. The number of carbonyl (C=O) groups excluding carboxylic acids is 3. The molecule has 0 aromatic heterocycles. The summed E-state index contributed by atoms with van der Waals surface area (Å²) in [6.07, 6.45) is 1.43. The van der Waals surface area contributed by atoms with Crippen LogP contribution >= 0.6 is 11.6 Å². The smallest absolute Gasteiger partial charge is 0.271 e. The molecule has 2 aromatic rings. The minimum Gasteiger partial charge on any atom is -0.495 e. The molecule has 4 atom stereocenters. The molecule has 11 heteroatoms. The highest BCUT2D eigenvalue weighted by Crippen LogP contribution is 2.62. The van der Waals surface area contributed by atoms with E-state index in [9.17, 15) is 24.5 Å². The summed E-state index contributed by atoms with van der Waals surface area (Å²) in [5.74, 6) is -3.05. The van der Waals surface area contributed by atoms with Gasteiger partial charge < -0.3 is 10.1 Å². The Morgan fingerprint density at radius 1 is 1.20 bits per heavy atom. The molecule has 3 amide bonds. The molecule has 4 heterocycles. The van der Waals surface area contributed by atoms with Crippen molar-refractivity contribution in [2.75, 3.05) is 23.9 Å². The van der Waals surface area contributed by atoms with Gasteiger partial charge in [-0.2, -0.15) is 0 Å². The van der Waals surface area contributed by atoms with Gasteiger partial charge in [0.1, 0.15) is 17.0 Å². The van der Waals surface area contributed by atoms with Gasteiger partial charge in [-0.05, 0) is 44.0 Å². The second-order valence-corrected chi connectivity index (χ2v) is 9.83. The number of nitrogens with one attached hydrogen (secondary N) is 1. The molecule has 35 heavy (non-hydrogen) atoms. The third-order valence-corrected chi connectivity index (χ3v) is 8.11. The predicted octanol–water partition coefficient (Wildman–Crippen LogP) is 3.00. The van der Waals surface area contributed by atoms with Gasteiger partial charge in [0.25, 0.3) is 11.6 Å². The van der Waals surface area contributed by atoms with E-state index in [1.807, 2.05) is 17.9 Å². The number of carbonyl (C=O) groups is 3. The van der Waals surface area contributed by atoms with Crippen LogP contribution in [0.4, 0.5) is 17.1 Å². The molecule has 4 unspecified atom stereocenters. The topological polar surface area (TPSA) is 122 Å². The molecule has 4 aliphatic heterocycles. The molecule has 1 spiro atoms. The normalized spacial score (nSPS) is 28.9. The number of methoxy groups -OCH3 is 1. The van der Waals surface area contributed by atoms with Crippen molar-refractivity contribution in [1.29, 1.82) is 0 Å². The van der Waals surface area contributed by atoms with Gasteiger partial charge in [0.05, 0.1) is 34.6 Å². The van der Waals surface area contributed by atoms with Crippen LogP contribution in [0.3, 0.4) is 0 Å². The van der Waals surface area contributed by atoms with Crippen molar-refractivity contribution in [2.45, 2.75) is 31.3 Å². The quantitative estimate of drug-likeness (QED) is 0.393. The van der Waals surface area contributed by atoms with Gasteiger partial charge in [-0.3, -0.25) is 29.4 Å². The van der Waals surface area contributed by atoms with E-state index < -0.39 is 34.1 Å². The average Bonchev–Trinajstić information content (AvgIpc) is 3.52. The van der Waals surface area contributed by atoms with Gasteiger partial charge in [-0.15, -0.1) is 0 Å². The van der Waals surface area contributed by atoms with E-state index in [1.54, 1.807) is 6.07 Å². The zero-order valence-electron chi connectivity index (χ0n) is 18.9. The van der Waals surface area contributed by atoms with Gasteiger partial charge in [-0.25, -0.2) is 4.90 Å². The number of aryl methyl sites for hydroxylation is 1. The van der Waals surface area contributed by atoms with Crippen LogP contribution < -0.4 is 15.0 Å². The summed E-state index contributed by atoms with van der Waals surface area (Å²) >= 11 is 6.49. The summed E-state index contributed by atoms with van der Waals surface area (Å²) in [7, 11) is 1.36. The maximum absolute atomic E-state index is 14.1. The van der Waals surface area contributed by atoms with Gasteiger partial charge in [0.2, 0.25) is 11.8 Å². The van der Waals surface area contributed by atoms with Crippen molar-refractivity contribution in [2.24, 2.45) is 11.8 Å². The molecule has 3 fully saturated rings. The first-order valence-corrected chi connectivity index (χ1v) is 11.7. The van der Waals surface area contributed by atoms with Crippen LogP contribution in [0.5, 0.6) is 5.75 Å². The zero-order chi connectivity index (χ0) is 24.8. The van der Waals surface area contributed by atoms with E-state index in [4.69, 9.17) is 16.3 Å². The fraction of sp³-hybridized carbons (Fsp3) is 0.375. The number of anilines is 2. The number of fused-ring (bicyclic) bond motifs is 7. The van der Waals surface area contributed by atoms with E-state index in [1.165, 1.54) is 25.3 Å². The van der Waals surface area contributed by atoms with Crippen molar-refractivity contribution in [3.63, 3.8) is 0 Å². The maximum Gasteiger partial charge on any atom is 0.271 e. The number of halogens is 1. The number of ether oxygens (including phenoxy) is 1. The van der Waals surface area contributed by atoms with Gasteiger partial charge >= 0.3 is 0 Å². The Labute approximate surface area is 204 Å². The number of hydrogen-bond acceptors (Lipinski definition) is 7. The second kappa shape index (κ2) is 7.25. The van der Waals surface area contributed by atoms with Crippen molar-refractivity contribution in [3.05, 3.63) is 56.6 Å². The van der Waals surface area contributed by atoms with E-state index >= 15 is 0 Å². The highest BCUT2D eigenvalue weighted by molar-refractivity contribution is 6.35. The first-order valence-electron chi connectivity index (χ1n) is 11.3. The molecular formula is C24H21ClN4O6. The molecule has 0 bridgehead atoms. The highest BCUT2D eigenvalue weighted by Gasteiger charge is 2.75. The van der Waals surface area contributed by atoms with Crippen molar-refractivity contribution < 1.29 is 24.0 Å². The van der Waals surface area contributed by atoms with Gasteiger partial charge in [-0.1, -0.05) is 17.7 Å². The molecule has 180 valence electrons. The Morgan fingerprint density at radius 3 is 2.69 bits per heavy atom. The molecule has 2 aromatic carbocycles. The number of nitrogens with zero attached hydrogens (tertiary/aromatic N) is 3. The minimum absolute atomic E-state index is 0.00620. The third-order valence-electron chi connectivity index (χ3n) is 7.81. The lowest BCUT2D eigenvalue weighted by Gasteiger charge is -2.36. The molecule has 6 rings (SSSR count). The summed E-state index contributed by atoms with van der Waals surface area (Å²) in [6.45, 7) is 2.43. The fourth-order valence-corrected chi connectivity index (χ4v) is 6.92. The monoisotopic (exact) mass is 496 g/mol. The zero-order valence-corrected chi connectivity index (χ0v) is 19.7. The molecule has 1 N–H and O–H groups in total. The SMILES string of the molecule is COc1ccc([N+](=O)[O-])cc1N1C(=O)C2C3CCCN3C3(C(=O)Nc4c(Cl)cc(C)cc43)C2C1=O. The summed E-state index contributed by atoms with van der Waals surface area (Å²) in [5.41, 5.74) is 0.236. The van der Waals surface area contributed by atoms with Gasteiger partial charge in [0.15, 0.2) is 0 Å². The summed E-state index contributed by atoms with van der Waals surface area (Å²) < 4.78 is 5.35. The maximum atomic E-state index is 14.1.